The Hall–Kier alpha value is -2.01. The summed E-state index contributed by atoms with van der Waals surface area (Å²) in [6.07, 6.45) is 0. The first kappa shape index (κ1) is 17.3. The minimum absolute atomic E-state index is 0.0171. The number of carbonyl (C=O) groups excluding carboxylic acids is 1. The zero-order valence-corrected chi connectivity index (χ0v) is 14.7. The summed E-state index contributed by atoms with van der Waals surface area (Å²) in [6.45, 7) is -0.0171. The van der Waals surface area contributed by atoms with Gasteiger partial charge in [0.25, 0.3) is 0 Å². The van der Waals surface area contributed by atoms with Gasteiger partial charge in [-0.25, -0.2) is 0 Å². The van der Waals surface area contributed by atoms with Crippen molar-refractivity contribution in [2.45, 2.75) is 5.32 Å². The van der Waals surface area contributed by atoms with E-state index in [-0.39, 0.29) is 33.2 Å². The molecule has 0 atom stereocenters. The van der Waals surface area contributed by atoms with Crippen molar-refractivity contribution in [3.05, 3.63) is 53.6 Å². The summed E-state index contributed by atoms with van der Waals surface area (Å²) in [6, 6.07) is 13.0. The Morgan fingerprint density at radius 2 is 1.91 bits per heavy atom. The predicted molar refractivity (Wildman–Crippen MR) is 87.5 cm³/mol. The van der Waals surface area contributed by atoms with Gasteiger partial charge >= 0.3 is 141 Å². The second-order valence-electron chi connectivity index (χ2n) is 4.62. The number of hydrogen-bond donors (Lipinski definition) is 1. The van der Waals surface area contributed by atoms with Gasteiger partial charge in [0.1, 0.15) is 0 Å². The molecule has 0 saturated carbocycles. The molecule has 0 aliphatic heterocycles. The summed E-state index contributed by atoms with van der Waals surface area (Å²) in [7, 11) is 2.81. The molecule has 6 heteroatoms. The van der Waals surface area contributed by atoms with Crippen molar-refractivity contribution in [3.8, 4) is 11.5 Å². The molecule has 0 unspecified atom stereocenters. The van der Waals surface area contributed by atoms with E-state index in [1.54, 1.807) is 6.07 Å². The van der Waals surface area contributed by atoms with Gasteiger partial charge in [-0.3, -0.25) is 0 Å². The molecule has 0 amide bonds. The number of methoxy groups -OCH3 is 2. The van der Waals surface area contributed by atoms with Crippen molar-refractivity contribution in [1.29, 1.82) is 0 Å². The Kier molecular flexibility index (Phi) is 6.47. The van der Waals surface area contributed by atoms with Gasteiger partial charge < -0.3 is 0 Å². The van der Waals surface area contributed by atoms with Crippen LogP contribution < -0.4 is 9.20 Å². The topological polar surface area (TPSA) is 65.0 Å². The van der Waals surface area contributed by atoms with Crippen molar-refractivity contribution in [1.82, 2.24) is 0 Å². The van der Waals surface area contributed by atoms with Crippen LogP contribution >= 0.6 is 0 Å². The first-order chi connectivity index (χ1) is 11.2. The van der Waals surface area contributed by atoms with Gasteiger partial charge in [0.05, 0.1) is 0 Å². The van der Waals surface area contributed by atoms with Crippen molar-refractivity contribution < 1.29 is 24.1 Å². The van der Waals surface area contributed by atoms with Crippen LogP contribution in [0.1, 0.15) is 15.9 Å². The van der Waals surface area contributed by atoms with E-state index in [1.165, 1.54) is 24.7 Å². The maximum absolute atomic E-state index is 12.1. The number of carbonyl (C=O) groups is 1. The van der Waals surface area contributed by atoms with Crippen LogP contribution in [0, 0.1) is 0 Å². The molecular formula is C17H18O5Se. The number of benzene rings is 2. The Bertz CT molecular complexity index is 658. The van der Waals surface area contributed by atoms with E-state index in [0.717, 1.165) is 0 Å². The summed E-state index contributed by atoms with van der Waals surface area (Å²) in [5.41, 5.74) is 1.03. The Morgan fingerprint density at radius 3 is 2.57 bits per heavy atom. The second kappa shape index (κ2) is 8.58. The fourth-order valence-electron chi connectivity index (χ4n) is 2.02. The first-order valence-corrected chi connectivity index (χ1v) is 8.96. The number of aromatic hydroxyl groups is 1. The third kappa shape index (κ3) is 4.73. The van der Waals surface area contributed by atoms with E-state index in [0.29, 0.717) is 16.4 Å². The zero-order valence-electron chi connectivity index (χ0n) is 12.9. The van der Waals surface area contributed by atoms with Gasteiger partial charge in [-0.05, 0) is 0 Å². The Balaban J connectivity index is 2.31. The van der Waals surface area contributed by atoms with E-state index < -0.39 is 5.97 Å². The number of esters is 1. The Labute approximate surface area is 141 Å². The van der Waals surface area contributed by atoms with Crippen LogP contribution in [0.3, 0.4) is 0 Å². The second-order valence-corrected chi connectivity index (χ2v) is 6.82. The van der Waals surface area contributed by atoms with Gasteiger partial charge in [-0.1, -0.05) is 0 Å². The number of hydrogen-bond acceptors (Lipinski definition) is 5. The van der Waals surface area contributed by atoms with Gasteiger partial charge in [0.15, 0.2) is 0 Å². The quantitative estimate of drug-likeness (QED) is 0.449. The molecule has 2 aromatic rings. The van der Waals surface area contributed by atoms with Crippen molar-refractivity contribution in [2.75, 3.05) is 21.0 Å². The molecule has 5 nitrogen and oxygen atoms in total. The molecule has 2 rings (SSSR count). The molecule has 0 aliphatic carbocycles. The fourth-order valence-corrected chi connectivity index (χ4v) is 3.91. The SMILES string of the molecule is COCOc1cc(O)cc(C[Se]c2ccccc2)c1C(=O)OC. The molecule has 0 saturated heterocycles. The zero-order chi connectivity index (χ0) is 16.7. The third-order valence-electron chi connectivity index (χ3n) is 3.03. The van der Waals surface area contributed by atoms with Gasteiger partial charge in [-0.15, -0.1) is 0 Å². The molecule has 0 fully saturated rings. The predicted octanol–water partition coefficient (Wildman–Crippen LogP) is 1.69. The molecule has 2 aromatic carbocycles. The first-order valence-electron chi connectivity index (χ1n) is 6.89. The van der Waals surface area contributed by atoms with Crippen molar-refractivity contribution >= 4 is 25.4 Å². The molecule has 0 aromatic heterocycles. The number of phenols is 1. The van der Waals surface area contributed by atoms with Crippen LogP contribution in [0.4, 0.5) is 0 Å². The summed E-state index contributed by atoms with van der Waals surface area (Å²) in [5, 5.41) is 10.5. The molecule has 0 bridgehead atoms. The standard InChI is InChI=1S/C17H18O5Se/c1-20-11-22-15-9-13(18)8-12(16(15)17(19)21-2)10-23-14-6-4-3-5-7-14/h3-9,18H,10-11H2,1-2H3. The Morgan fingerprint density at radius 1 is 1.17 bits per heavy atom. The molecule has 0 heterocycles. The van der Waals surface area contributed by atoms with E-state index in [4.69, 9.17) is 14.2 Å². The van der Waals surface area contributed by atoms with E-state index in [9.17, 15) is 9.90 Å². The maximum atomic E-state index is 12.1. The van der Waals surface area contributed by atoms with Crippen LogP contribution in [0.2, 0.25) is 0 Å². The molecule has 0 spiro atoms. The van der Waals surface area contributed by atoms with E-state index in [2.05, 4.69) is 0 Å². The molecule has 1 N–H and O–H groups in total. The van der Waals surface area contributed by atoms with Crippen LogP contribution in [-0.4, -0.2) is 47.0 Å². The summed E-state index contributed by atoms with van der Waals surface area (Å²) in [5.74, 6) is -0.185. The average molecular weight is 381 g/mol. The van der Waals surface area contributed by atoms with Crippen LogP contribution in [0.25, 0.3) is 0 Å². The summed E-state index contributed by atoms with van der Waals surface area (Å²) >= 11 is 0.121. The van der Waals surface area contributed by atoms with Crippen LogP contribution in [0.5, 0.6) is 11.5 Å². The molecular weight excluding hydrogens is 363 g/mol. The van der Waals surface area contributed by atoms with E-state index >= 15 is 0 Å². The van der Waals surface area contributed by atoms with Crippen molar-refractivity contribution in [3.63, 3.8) is 0 Å². The monoisotopic (exact) mass is 382 g/mol. The number of phenolic OH excluding ortho intramolecular Hbond substituents is 1. The van der Waals surface area contributed by atoms with E-state index in [1.807, 2.05) is 30.3 Å². The minimum atomic E-state index is -0.491. The van der Waals surface area contributed by atoms with Gasteiger partial charge in [0.2, 0.25) is 0 Å². The number of rotatable bonds is 7. The molecule has 0 aliphatic rings. The molecule has 122 valence electrons. The van der Waals surface area contributed by atoms with Crippen LogP contribution in [-0.2, 0) is 14.8 Å². The normalized spacial score (nSPS) is 10.3. The van der Waals surface area contributed by atoms with Gasteiger partial charge in [-0.2, -0.15) is 0 Å². The summed E-state index contributed by atoms with van der Waals surface area (Å²) in [4.78, 5) is 12.1. The van der Waals surface area contributed by atoms with Crippen molar-refractivity contribution in [2.24, 2.45) is 0 Å². The van der Waals surface area contributed by atoms with Gasteiger partial charge in [0, 0.05) is 0 Å². The average Bonchev–Trinajstić information content (AvgIpc) is 2.58. The third-order valence-corrected chi connectivity index (χ3v) is 5.25. The number of ether oxygens (including phenoxy) is 3. The van der Waals surface area contributed by atoms with Crippen LogP contribution in [0.15, 0.2) is 42.5 Å². The molecule has 23 heavy (non-hydrogen) atoms. The summed E-state index contributed by atoms with van der Waals surface area (Å²) < 4.78 is 16.3. The fraction of sp³-hybridized carbons (Fsp3) is 0.235. The molecule has 0 radical (unpaired) electrons.